The summed E-state index contributed by atoms with van der Waals surface area (Å²) in [5.74, 6) is 1.24. The molecule has 4 rings (SSSR count). The lowest BCUT2D eigenvalue weighted by Crippen LogP contribution is -2.49. The van der Waals surface area contributed by atoms with Gasteiger partial charge in [0.1, 0.15) is 11.4 Å². The minimum absolute atomic E-state index is 0.0374. The molecule has 1 aromatic carbocycles. The van der Waals surface area contributed by atoms with Crippen LogP contribution in [-0.4, -0.2) is 37.8 Å². The molecule has 0 unspecified atom stereocenters. The molecule has 1 spiro atoms. The van der Waals surface area contributed by atoms with E-state index in [1.807, 2.05) is 18.2 Å². The number of hydrogen-bond donors (Lipinski definition) is 2. The Balaban J connectivity index is 1.55. The zero-order chi connectivity index (χ0) is 16.4. The number of piperidine rings is 1. The Bertz CT molecular complexity index is 592. The predicted molar refractivity (Wildman–Crippen MR) is 90.9 cm³/mol. The first-order chi connectivity index (χ1) is 11.8. The number of para-hydroxylation sites is 1. The Hall–Kier alpha value is -1.59. The highest BCUT2D eigenvalue weighted by atomic mass is 16.5. The number of carbonyl (C=O) groups is 1. The van der Waals surface area contributed by atoms with Gasteiger partial charge in [-0.1, -0.05) is 18.2 Å². The maximum absolute atomic E-state index is 12.7. The Morgan fingerprint density at radius 3 is 2.71 bits per heavy atom. The summed E-state index contributed by atoms with van der Waals surface area (Å²) in [5.41, 5.74) is 0.912. The third kappa shape index (κ3) is 3.15. The molecule has 3 aliphatic heterocycles. The largest absolute Gasteiger partial charge is 0.487 e. The van der Waals surface area contributed by atoms with Crippen LogP contribution in [-0.2, 0) is 9.53 Å². The number of hydrogen-bond acceptors (Lipinski definition) is 4. The van der Waals surface area contributed by atoms with E-state index in [9.17, 15) is 4.79 Å². The molecule has 5 nitrogen and oxygen atoms in total. The lowest BCUT2D eigenvalue weighted by Gasteiger charge is -2.44. The van der Waals surface area contributed by atoms with Crippen molar-refractivity contribution in [2.45, 2.75) is 43.7 Å². The van der Waals surface area contributed by atoms with Crippen molar-refractivity contribution in [2.24, 2.45) is 5.92 Å². The topological polar surface area (TPSA) is 59.6 Å². The van der Waals surface area contributed by atoms with Crippen molar-refractivity contribution in [2.75, 3.05) is 26.3 Å². The molecule has 24 heavy (non-hydrogen) atoms. The molecule has 3 aliphatic rings. The van der Waals surface area contributed by atoms with Gasteiger partial charge in [-0.15, -0.1) is 0 Å². The van der Waals surface area contributed by atoms with Crippen LogP contribution in [0, 0.1) is 5.92 Å². The van der Waals surface area contributed by atoms with Gasteiger partial charge in [-0.3, -0.25) is 4.79 Å². The van der Waals surface area contributed by atoms with Gasteiger partial charge in [-0.25, -0.2) is 0 Å². The molecule has 1 atom stereocenters. The number of ether oxygens (including phenoxy) is 2. The zero-order valence-electron chi connectivity index (χ0n) is 14.1. The summed E-state index contributed by atoms with van der Waals surface area (Å²) in [6.45, 7) is 3.34. The van der Waals surface area contributed by atoms with E-state index in [0.29, 0.717) is 0 Å². The van der Waals surface area contributed by atoms with E-state index in [1.165, 1.54) is 0 Å². The molecule has 0 saturated carbocycles. The summed E-state index contributed by atoms with van der Waals surface area (Å²) in [4.78, 5) is 12.7. The van der Waals surface area contributed by atoms with E-state index in [-0.39, 0.29) is 23.5 Å². The van der Waals surface area contributed by atoms with Crippen molar-refractivity contribution in [1.82, 2.24) is 10.6 Å². The van der Waals surface area contributed by atoms with Crippen molar-refractivity contribution < 1.29 is 14.3 Å². The molecule has 1 amide bonds. The van der Waals surface area contributed by atoms with E-state index in [2.05, 4.69) is 16.7 Å². The molecule has 0 radical (unpaired) electrons. The number of nitrogens with one attached hydrogen (secondary N) is 2. The second-order valence-electron chi connectivity index (χ2n) is 7.22. The minimum Gasteiger partial charge on any atom is -0.487 e. The molecule has 0 bridgehead atoms. The highest BCUT2D eigenvalue weighted by molar-refractivity contribution is 5.79. The van der Waals surface area contributed by atoms with Crippen LogP contribution >= 0.6 is 0 Å². The fourth-order valence-corrected chi connectivity index (χ4v) is 4.17. The van der Waals surface area contributed by atoms with Crippen molar-refractivity contribution in [1.29, 1.82) is 0 Å². The van der Waals surface area contributed by atoms with Gasteiger partial charge in [0.05, 0.1) is 19.3 Å². The molecule has 2 saturated heterocycles. The third-order valence-corrected chi connectivity index (χ3v) is 5.63. The fourth-order valence-electron chi connectivity index (χ4n) is 4.17. The Morgan fingerprint density at radius 1 is 1.17 bits per heavy atom. The maximum Gasteiger partial charge on any atom is 0.223 e. The van der Waals surface area contributed by atoms with Gasteiger partial charge in [0.25, 0.3) is 0 Å². The molecule has 0 aromatic heterocycles. The highest BCUT2D eigenvalue weighted by Crippen LogP contribution is 2.44. The number of fused-ring (bicyclic) bond motifs is 1. The smallest absolute Gasteiger partial charge is 0.223 e. The molecule has 5 heteroatoms. The molecule has 2 fully saturated rings. The second kappa shape index (κ2) is 6.73. The molecule has 130 valence electrons. The first-order valence-electron chi connectivity index (χ1n) is 9.13. The average Bonchev–Trinajstić information content (AvgIpc) is 2.63. The summed E-state index contributed by atoms with van der Waals surface area (Å²) in [6.07, 6.45) is 4.47. The van der Waals surface area contributed by atoms with Crippen molar-refractivity contribution in [3.05, 3.63) is 29.8 Å². The van der Waals surface area contributed by atoms with Gasteiger partial charge in [0.2, 0.25) is 5.91 Å². The lowest BCUT2D eigenvalue weighted by molar-refractivity contribution is -0.127. The quantitative estimate of drug-likeness (QED) is 0.872. The van der Waals surface area contributed by atoms with Crippen LogP contribution in [0.3, 0.4) is 0 Å². The van der Waals surface area contributed by atoms with Crippen LogP contribution < -0.4 is 15.4 Å². The Labute approximate surface area is 143 Å². The van der Waals surface area contributed by atoms with Crippen molar-refractivity contribution >= 4 is 5.91 Å². The first kappa shape index (κ1) is 15.9. The molecular weight excluding hydrogens is 304 g/mol. The Morgan fingerprint density at radius 2 is 1.92 bits per heavy atom. The third-order valence-electron chi connectivity index (χ3n) is 5.63. The second-order valence-corrected chi connectivity index (χ2v) is 7.22. The summed E-state index contributed by atoms with van der Waals surface area (Å²) < 4.78 is 11.9. The lowest BCUT2D eigenvalue weighted by atomic mass is 9.81. The van der Waals surface area contributed by atoms with Crippen LogP contribution in [0.1, 0.15) is 43.7 Å². The summed E-state index contributed by atoms with van der Waals surface area (Å²) in [7, 11) is 0. The highest BCUT2D eigenvalue weighted by Gasteiger charge is 2.43. The standard InChI is InChI=1S/C19H26N2O3/c22-18(14-5-9-20-10-6-14)21-16-13-19(7-11-23-12-8-19)24-17-4-2-1-3-15(16)17/h1-4,14,16,20H,5-13H2,(H,21,22)/t16-/m1/s1. The number of carbonyl (C=O) groups excluding carboxylic acids is 1. The van der Waals surface area contributed by atoms with Gasteiger partial charge in [0.15, 0.2) is 0 Å². The van der Waals surface area contributed by atoms with Gasteiger partial charge in [-0.2, -0.15) is 0 Å². The molecule has 2 N–H and O–H groups in total. The normalized spacial score (nSPS) is 26.4. The minimum atomic E-state index is -0.196. The summed E-state index contributed by atoms with van der Waals surface area (Å²) >= 11 is 0. The average molecular weight is 330 g/mol. The summed E-state index contributed by atoms with van der Waals surface area (Å²) in [5, 5.41) is 6.65. The van der Waals surface area contributed by atoms with E-state index in [1.54, 1.807) is 0 Å². The van der Waals surface area contributed by atoms with E-state index in [0.717, 1.165) is 69.7 Å². The van der Waals surface area contributed by atoms with Crippen LogP contribution in [0.15, 0.2) is 24.3 Å². The van der Waals surface area contributed by atoms with E-state index < -0.39 is 0 Å². The molecule has 3 heterocycles. The Kier molecular flexibility index (Phi) is 4.46. The van der Waals surface area contributed by atoms with Gasteiger partial charge >= 0.3 is 0 Å². The molecule has 0 aliphatic carbocycles. The van der Waals surface area contributed by atoms with Crippen molar-refractivity contribution in [3.63, 3.8) is 0 Å². The number of amides is 1. The number of rotatable bonds is 2. The van der Waals surface area contributed by atoms with Crippen LogP contribution in [0.4, 0.5) is 0 Å². The van der Waals surface area contributed by atoms with Gasteiger partial charge in [-0.05, 0) is 32.0 Å². The zero-order valence-corrected chi connectivity index (χ0v) is 14.1. The van der Waals surface area contributed by atoms with Crippen LogP contribution in [0.5, 0.6) is 5.75 Å². The summed E-state index contributed by atoms with van der Waals surface area (Å²) in [6, 6.07) is 8.16. The van der Waals surface area contributed by atoms with Gasteiger partial charge < -0.3 is 20.1 Å². The fraction of sp³-hybridized carbons (Fsp3) is 0.632. The SMILES string of the molecule is O=C(N[C@@H]1CC2(CCOCC2)Oc2ccccc21)C1CCNCC1. The molecular formula is C19H26N2O3. The molecule has 1 aromatic rings. The predicted octanol–water partition coefficient (Wildman–Crippen LogP) is 2.18. The van der Waals surface area contributed by atoms with E-state index in [4.69, 9.17) is 9.47 Å². The maximum atomic E-state index is 12.7. The van der Waals surface area contributed by atoms with Crippen LogP contribution in [0.2, 0.25) is 0 Å². The van der Waals surface area contributed by atoms with E-state index >= 15 is 0 Å². The monoisotopic (exact) mass is 330 g/mol. The number of benzene rings is 1. The van der Waals surface area contributed by atoms with Gasteiger partial charge in [0, 0.05) is 30.7 Å². The van der Waals surface area contributed by atoms with Crippen LogP contribution in [0.25, 0.3) is 0 Å². The first-order valence-corrected chi connectivity index (χ1v) is 9.13. The van der Waals surface area contributed by atoms with Crippen molar-refractivity contribution in [3.8, 4) is 5.75 Å².